The number of hydrogen-bond acceptors (Lipinski definition) is 5. The molecule has 4 rings (SSSR count). The lowest BCUT2D eigenvalue weighted by atomic mass is 10.1. The molecule has 0 aliphatic heterocycles. The van der Waals surface area contributed by atoms with E-state index in [9.17, 15) is 9.59 Å². The Bertz CT molecular complexity index is 1210. The van der Waals surface area contributed by atoms with E-state index in [1.807, 2.05) is 60.7 Å². The first-order valence-electron chi connectivity index (χ1n) is 10.9. The molecule has 0 atom stereocenters. The Balaban J connectivity index is 1.50. The summed E-state index contributed by atoms with van der Waals surface area (Å²) in [7, 11) is 0. The maximum Gasteiger partial charge on any atom is 0.340 e. The lowest BCUT2D eigenvalue weighted by molar-refractivity contribution is -0.113. The van der Waals surface area contributed by atoms with Crippen molar-refractivity contribution in [3.8, 4) is 22.5 Å². The topological polar surface area (TPSA) is 84.1 Å². The molecule has 7 heteroatoms. The highest BCUT2D eigenvalue weighted by Gasteiger charge is 2.18. The lowest BCUT2D eigenvalue weighted by Gasteiger charge is -2.12. The molecule has 0 fully saturated rings. The molecule has 0 spiro atoms. The summed E-state index contributed by atoms with van der Waals surface area (Å²) < 4.78 is 5.28. The number of esters is 1. The Morgan fingerprint density at radius 2 is 1.53 bits per heavy atom. The van der Waals surface area contributed by atoms with Gasteiger partial charge in [0.1, 0.15) is 0 Å². The van der Waals surface area contributed by atoms with Crippen LogP contribution in [0.3, 0.4) is 0 Å². The van der Waals surface area contributed by atoms with Crippen molar-refractivity contribution in [2.45, 2.75) is 25.1 Å². The highest BCUT2D eigenvalue weighted by atomic mass is 32.2. The number of aromatic nitrogens is 2. The van der Waals surface area contributed by atoms with Crippen LogP contribution in [-0.2, 0) is 9.53 Å². The molecule has 0 saturated heterocycles. The Morgan fingerprint density at radius 1 is 0.912 bits per heavy atom. The van der Waals surface area contributed by atoms with Crippen LogP contribution < -0.4 is 5.32 Å². The molecule has 1 amide bonds. The number of carbonyl (C=O) groups is 2. The number of para-hydroxylation sites is 1. The van der Waals surface area contributed by atoms with Gasteiger partial charge in [-0.1, -0.05) is 84.6 Å². The molecule has 0 aliphatic rings. The summed E-state index contributed by atoms with van der Waals surface area (Å²) >= 11 is 1.30. The number of carbonyl (C=O) groups excluding carboxylic acids is 2. The zero-order valence-electron chi connectivity index (χ0n) is 18.9. The van der Waals surface area contributed by atoms with Crippen LogP contribution in [0.25, 0.3) is 22.5 Å². The monoisotopic (exact) mass is 471 g/mol. The molecule has 0 saturated carbocycles. The number of benzene rings is 3. The van der Waals surface area contributed by atoms with E-state index >= 15 is 0 Å². The number of aromatic amines is 1. The number of ether oxygens (including phenoxy) is 1. The average molecular weight is 472 g/mol. The van der Waals surface area contributed by atoms with E-state index in [1.54, 1.807) is 38.1 Å². The third-order valence-corrected chi connectivity index (χ3v) is 5.77. The van der Waals surface area contributed by atoms with E-state index in [4.69, 9.17) is 9.72 Å². The lowest BCUT2D eigenvalue weighted by Crippen LogP contribution is -2.18. The first-order valence-corrected chi connectivity index (χ1v) is 11.9. The largest absolute Gasteiger partial charge is 0.459 e. The quantitative estimate of drug-likeness (QED) is 0.242. The second-order valence-electron chi connectivity index (χ2n) is 7.83. The van der Waals surface area contributed by atoms with Gasteiger partial charge in [-0.2, -0.15) is 0 Å². The second-order valence-corrected chi connectivity index (χ2v) is 8.80. The van der Waals surface area contributed by atoms with Gasteiger partial charge in [0.25, 0.3) is 0 Å². The molecule has 0 unspecified atom stereocenters. The molecule has 1 heterocycles. The molecular formula is C27H25N3O3S. The number of amides is 1. The SMILES string of the molecule is CC(C)OC(=O)c1ccccc1NC(=O)CSc1nc(-c2ccccc2)c(-c2ccccc2)[nH]1. The average Bonchev–Trinajstić information content (AvgIpc) is 3.28. The van der Waals surface area contributed by atoms with Gasteiger partial charge in [-0.15, -0.1) is 0 Å². The fourth-order valence-corrected chi connectivity index (χ4v) is 4.08. The number of anilines is 1. The van der Waals surface area contributed by atoms with Crippen LogP contribution in [0.15, 0.2) is 90.1 Å². The highest BCUT2D eigenvalue weighted by molar-refractivity contribution is 7.99. The molecule has 172 valence electrons. The predicted octanol–water partition coefficient (Wildman–Crippen LogP) is 6.04. The fraction of sp³-hybridized carbons (Fsp3) is 0.148. The van der Waals surface area contributed by atoms with E-state index < -0.39 is 5.97 Å². The maximum absolute atomic E-state index is 12.7. The summed E-state index contributed by atoms with van der Waals surface area (Å²) in [6.07, 6.45) is -0.247. The van der Waals surface area contributed by atoms with Gasteiger partial charge in [-0.25, -0.2) is 9.78 Å². The minimum atomic E-state index is -0.468. The molecule has 3 aromatic carbocycles. The van der Waals surface area contributed by atoms with Crippen LogP contribution in [0.5, 0.6) is 0 Å². The van der Waals surface area contributed by atoms with Crippen molar-refractivity contribution < 1.29 is 14.3 Å². The van der Waals surface area contributed by atoms with Gasteiger partial charge < -0.3 is 15.0 Å². The maximum atomic E-state index is 12.7. The zero-order chi connectivity index (χ0) is 23.9. The zero-order valence-corrected chi connectivity index (χ0v) is 19.8. The second kappa shape index (κ2) is 10.9. The van der Waals surface area contributed by atoms with Gasteiger partial charge in [-0.3, -0.25) is 4.79 Å². The number of H-pyrrole nitrogens is 1. The minimum absolute atomic E-state index is 0.129. The minimum Gasteiger partial charge on any atom is -0.459 e. The van der Waals surface area contributed by atoms with E-state index in [2.05, 4.69) is 10.3 Å². The third kappa shape index (κ3) is 5.74. The first-order chi connectivity index (χ1) is 16.5. The molecule has 34 heavy (non-hydrogen) atoms. The smallest absolute Gasteiger partial charge is 0.340 e. The molecule has 1 aromatic heterocycles. The van der Waals surface area contributed by atoms with Crippen LogP contribution in [0, 0.1) is 0 Å². The summed E-state index contributed by atoms with van der Waals surface area (Å²) in [5.41, 5.74) is 4.49. The number of nitrogens with zero attached hydrogens (tertiary/aromatic N) is 1. The van der Waals surface area contributed by atoms with Crippen molar-refractivity contribution in [3.05, 3.63) is 90.5 Å². The van der Waals surface area contributed by atoms with E-state index in [1.165, 1.54) is 11.8 Å². The number of imidazole rings is 1. The van der Waals surface area contributed by atoms with Gasteiger partial charge >= 0.3 is 5.97 Å². The number of rotatable bonds is 8. The number of hydrogen-bond donors (Lipinski definition) is 2. The van der Waals surface area contributed by atoms with Gasteiger partial charge in [0.15, 0.2) is 5.16 Å². The van der Waals surface area contributed by atoms with Crippen LogP contribution in [-0.4, -0.2) is 33.7 Å². The summed E-state index contributed by atoms with van der Waals surface area (Å²) in [5, 5.41) is 3.46. The summed E-state index contributed by atoms with van der Waals surface area (Å²) in [6.45, 7) is 3.57. The fourth-order valence-electron chi connectivity index (χ4n) is 3.41. The molecule has 0 aliphatic carbocycles. The summed E-state index contributed by atoms with van der Waals surface area (Å²) in [4.78, 5) is 33.2. The molecular weight excluding hydrogens is 446 g/mol. The molecule has 6 nitrogen and oxygen atoms in total. The van der Waals surface area contributed by atoms with Crippen LogP contribution >= 0.6 is 11.8 Å². The Morgan fingerprint density at radius 3 is 2.21 bits per heavy atom. The number of thioether (sulfide) groups is 1. The summed E-state index contributed by atoms with van der Waals surface area (Å²) in [6, 6.07) is 26.7. The predicted molar refractivity (Wildman–Crippen MR) is 136 cm³/mol. The van der Waals surface area contributed by atoms with Crippen molar-refractivity contribution in [2.75, 3.05) is 11.1 Å². The van der Waals surface area contributed by atoms with E-state index in [0.717, 1.165) is 22.5 Å². The van der Waals surface area contributed by atoms with E-state index in [0.29, 0.717) is 16.4 Å². The highest BCUT2D eigenvalue weighted by Crippen LogP contribution is 2.32. The van der Waals surface area contributed by atoms with Crippen LogP contribution in [0.1, 0.15) is 24.2 Å². The van der Waals surface area contributed by atoms with Crippen molar-refractivity contribution in [3.63, 3.8) is 0 Å². The Labute approximate surface area is 202 Å². The van der Waals surface area contributed by atoms with Gasteiger partial charge in [0, 0.05) is 11.1 Å². The molecule has 0 bridgehead atoms. The van der Waals surface area contributed by atoms with Gasteiger partial charge in [-0.05, 0) is 26.0 Å². The Kier molecular flexibility index (Phi) is 7.44. The summed E-state index contributed by atoms with van der Waals surface area (Å²) in [5.74, 6) is -0.581. The molecule has 4 aromatic rings. The Hall–Kier alpha value is -3.84. The van der Waals surface area contributed by atoms with Gasteiger partial charge in [0.05, 0.1) is 34.5 Å². The van der Waals surface area contributed by atoms with Crippen molar-refractivity contribution in [1.29, 1.82) is 0 Å². The van der Waals surface area contributed by atoms with Crippen molar-refractivity contribution in [1.82, 2.24) is 9.97 Å². The molecule has 0 radical (unpaired) electrons. The third-order valence-electron chi connectivity index (χ3n) is 4.90. The van der Waals surface area contributed by atoms with Gasteiger partial charge in [0.2, 0.25) is 5.91 Å². The van der Waals surface area contributed by atoms with E-state index in [-0.39, 0.29) is 17.8 Å². The standard InChI is InChI=1S/C27H25N3O3S/c1-18(2)33-26(32)21-15-9-10-16-22(21)28-23(31)17-34-27-29-24(19-11-5-3-6-12-19)25(30-27)20-13-7-4-8-14-20/h3-16,18H,17H2,1-2H3,(H,28,31)(H,29,30). The van der Waals surface area contributed by atoms with Crippen molar-refractivity contribution >= 4 is 29.3 Å². The number of nitrogens with one attached hydrogen (secondary N) is 2. The van der Waals surface area contributed by atoms with Crippen LogP contribution in [0.4, 0.5) is 5.69 Å². The normalized spacial score (nSPS) is 10.8. The van der Waals surface area contributed by atoms with Crippen molar-refractivity contribution in [2.24, 2.45) is 0 Å². The molecule has 2 N–H and O–H groups in total. The first kappa shape index (κ1) is 23.3. The van der Waals surface area contributed by atoms with Crippen LogP contribution in [0.2, 0.25) is 0 Å².